The molecular formula is C18H20F3N3OS. The fourth-order valence-corrected chi connectivity index (χ4v) is 4.22. The van der Waals surface area contributed by atoms with Gasteiger partial charge in [0.05, 0.1) is 6.61 Å². The average Bonchev–Trinajstić information content (AvgIpc) is 3.32. The SMILES string of the molecule is Fc1ccc(F)c([C@H]2Cc3c(CCN[C@@H]4CCOC4)[nH]c(=S)n3C2)c1F. The van der Waals surface area contributed by atoms with E-state index in [1.54, 1.807) is 0 Å². The second kappa shape index (κ2) is 7.17. The molecule has 2 aromatic rings. The van der Waals surface area contributed by atoms with E-state index in [0.717, 1.165) is 56.1 Å². The molecule has 0 saturated carbocycles. The maximum Gasteiger partial charge on any atom is 0.177 e. The third-order valence-electron chi connectivity index (χ3n) is 5.25. The van der Waals surface area contributed by atoms with E-state index in [1.165, 1.54) is 0 Å². The van der Waals surface area contributed by atoms with Crippen LogP contribution >= 0.6 is 12.2 Å². The van der Waals surface area contributed by atoms with Crippen LogP contribution in [0.2, 0.25) is 0 Å². The quantitative estimate of drug-likeness (QED) is 0.615. The number of nitrogens with one attached hydrogen (secondary N) is 2. The van der Waals surface area contributed by atoms with Crippen LogP contribution in [0.4, 0.5) is 13.2 Å². The van der Waals surface area contributed by atoms with Crippen molar-refractivity contribution in [3.63, 3.8) is 0 Å². The molecule has 2 aliphatic rings. The van der Waals surface area contributed by atoms with Gasteiger partial charge in [0.2, 0.25) is 0 Å². The number of halogens is 3. The zero-order valence-corrected chi connectivity index (χ0v) is 15.0. The van der Waals surface area contributed by atoms with Crippen LogP contribution in [0.25, 0.3) is 0 Å². The molecular weight excluding hydrogens is 363 g/mol. The van der Waals surface area contributed by atoms with Gasteiger partial charge in [0.1, 0.15) is 5.82 Å². The Bertz CT molecular complexity index is 873. The molecule has 0 unspecified atom stereocenters. The van der Waals surface area contributed by atoms with Gasteiger partial charge in [-0.05, 0) is 37.2 Å². The lowest BCUT2D eigenvalue weighted by molar-refractivity contribution is 0.190. The van der Waals surface area contributed by atoms with Crippen LogP contribution in [-0.2, 0) is 24.1 Å². The zero-order valence-electron chi connectivity index (χ0n) is 14.2. The first-order valence-electron chi connectivity index (χ1n) is 8.79. The number of rotatable bonds is 5. The van der Waals surface area contributed by atoms with Gasteiger partial charge in [-0.15, -0.1) is 0 Å². The van der Waals surface area contributed by atoms with Crippen LogP contribution in [0.3, 0.4) is 0 Å². The highest BCUT2D eigenvalue weighted by atomic mass is 32.1. The highest BCUT2D eigenvalue weighted by Crippen LogP contribution is 2.35. The zero-order chi connectivity index (χ0) is 18.3. The molecule has 2 aliphatic heterocycles. The fourth-order valence-electron chi connectivity index (χ4n) is 3.91. The minimum absolute atomic E-state index is 0.185. The third kappa shape index (κ3) is 3.21. The number of benzene rings is 1. The maximum absolute atomic E-state index is 14.1. The molecule has 1 aromatic heterocycles. The Morgan fingerprint density at radius 2 is 2.08 bits per heavy atom. The second-order valence-electron chi connectivity index (χ2n) is 6.89. The van der Waals surface area contributed by atoms with Gasteiger partial charge in [-0.2, -0.15) is 0 Å². The number of ether oxygens (including phenoxy) is 1. The molecule has 0 bridgehead atoms. The van der Waals surface area contributed by atoms with Crippen molar-refractivity contribution >= 4 is 12.2 Å². The van der Waals surface area contributed by atoms with Crippen LogP contribution in [0, 0.1) is 22.2 Å². The van der Waals surface area contributed by atoms with Gasteiger partial charge in [0.15, 0.2) is 16.4 Å². The minimum Gasteiger partial charge on any atom is -0.380 e. The predicted molar refractivity (Wildman–Crippen MR) is 93.3 cm³/mol. The smallest absolute Gasteiger partial charge is 0.177 e. The number of aromatic nitrogens is 2. The minimum atomic E-state index is -1.10. The van der Waals surface area contributed by atoms with Gasteiger partial charge in [-0.1, -0.05) is 0 Å². The van der Waals surface area contributed by atoms with Crippen LogP contribution in [0.15, 0.2) is 12.1 Å². The first kappa shape index (κ1) is 17.8. The van der Waals surface area contributed by atoms with Crippen LogP contribution in [0.1, 0.15) is 29.3 Å². The molecule has 3 heterocycles. The summed E-state index contributed by atoms with van der Waals surface area (Å²) in [6, 6.07) is 2.17. The molecule has 4 nitrogen and oxygen atoms in total. The van der Waals surface area contributed by atoms with Crippen molar-refractivity contribution in [2.75, 3.05) is 19.8 Å². The Kier molecular flexibility index (Phi) is 4.90. The lowest BCUT2D eigenvalue weighted by atomic mass is 9.95. The molecule has 140 valence electrons. The van der Waals surface area contributed by atoms with Crippen LogP contribution in [0.5, 0.6) is 0 Å². The molecule has 4 rings (SSSR count). The first-order valence-corrected chi connectivity index (χ1v) is 9.20. The molecule has 0 aliphatic carbocycles. The van der Waals surface area contributed by atoms with E-state index in [4.69, 9.17) is 17.0 Å². The Morgan fingerprint density at radius 1 is 1.27 bits per heavy atom. The summed E-state index contributed by atoms with van der Waals surface area (Å²) in [6.45, 7) is 2.63. The van der Waals surface area contributed by atoms with Crippen molar-refractivity contribution in [2.45, 2.75) is 37.8 Å². The predicted octanol–water partition coefficient (Wildman–Crippen LogP) is 3.22. The van der Waals surface area contributed by atoms with Crippen molar-refractivity contribution in [1.82, 2.24) is 14.9 Å². The van der Waals surface area contributed by atoms with E-state index in [-0.39, 0.29) is 5.56 Å². The summed E-state index contributed by atoms with van der Waals surface area (Å²) in [5, 5.41) is 3.44. The highest BCUT2D eigenvalue weighted by molar-refractivity contribution is 7.71. The first-order chi connectivity index (χ1) is 12.5. The molecule has 1 aromatic carbocycles. The molecule has 2 N–H and O–H groups in total. The van der Waals surface area contributed by atoms with Crippen molar-refractivity contribution in [2.24, 2.45) is 0 Å². The van der Waals surface area contributed by atoms with Crippen molar-refractivity contribution in [3.8, 4) is 0 Å². The van der Waals surface area contributed by atoms with Crippen molar-refractivity contribution in [1.29, 1.82) is 0 Å². The van der Waals surface area contributed by atoms with Crippen molar-refractivity contribution in [3.05, 3.63) is 51.3 Å². The number of hydrogen-bond donors (Lipinski definition) is 2. The maximum atomic E-state index is 14.1. The van der Waals surface area contributed by atoms with Crippen LogP contribution in [-0.4, -0.2) is 35.4 Å². The van der Waals surface area contributed by atoms with E-state index in [0.29, 0.717) is 23.8 Å². The summed E-state index contributed by atoms with van der Waals surface area (Å²) >= 11 is 5.36. The standard InChI is InChI=1S/C18H20F3N3OS/c19-12-1-2-13(20)17(21)16(12)10-7-15-14(23-18(26)24(15)8-10)3-5-22-11-4-6-25-9-11/h1-2,10-11,22H,3-9H2,(H,23,26)/t10-,11+/m0/s1. The lowest BCUT2D eigenvalue weighted by Gasteiger charge is -2.13. The normalized spacial score (nSPS) is 22.1. The number of fused-ring (bicyclic) bond motifs is 1. The summed E-state index contributed by atoms with van der Waals surface area (Å²) in [4.78, 5) is 3.20. The summed E-state index contributed by atoms with van der Waals surface area (Å²) < 4.78 is 49.6. The monoisotopic (exact) mass is 383 g/mol. The van der Waals surface area contributed by atoms with Crippen molar-refractivity contribution < 1.29 is 17.9 Å². The Balaban J connectivity index is 1.50. The van der Waals surface area contributed by atoms with Gasteiger partial charge in [-0.3, -0.25) is 0 Å². The van der Waals surface area contributed by atoms with E-state index < -0.39 is 23.4 Å². The number of aromatic amines is 1. The largest absolute Gasteiger partial charge is 0.380 e. The molecule has 0 radical (unpaired) electrons. The topological polar surface area (TPSA) is 42.0 Å². The summed E-state index contributed by atoms with van der Waals surface area (Å²) in [7, 11) is 0. The molecule has 0 spiro atoms. The van der Waals surface area contributed by atoms with Gasteiger partial charge >= 0.3 is 0 Å². The van der Waals surface area contributed by atoms with E-state index in [2.05, 4.69) is 10.3 Å². The summed E-state index contributed by atoms with van der Waals surface area (Å²) in [6.07, 6.45) is 2.18. The number of imidazole rings is 1. The molecule has 2 atom stereocenters. The van der Waals surface area contributed by atoms with E-state index in [1.807, 2.05) is 4.57 Å². The number of nitrogens with zero attached hydrogens (tertiary/aromatic N) is 1. The van der Waals surface area contributed by atoms with Gasteiger partial charge in [0.25, 0.3) is 0 Å². The molecule has 1 saturated heterocycles. The lowest BCUT2D eigenvalue weighted by Crippen LogP contribution is -2.31. The molecule has 8 heteroatoms. The van der Waals surface area contributed by atoms with Crippen LogP contribution < -0.4 is 5.32 Å². The Labute approximate surface area is 154 Å². The van der Waals surface area contributed by atoms with Gasteiger partial charge < -0.3 is 19.6 Å². The Morgan fingerprint density at radius 3 is 2.85 bits per heavy atom. The molecule has 0 amide bonds. The Hall–Kier alpha value is -1.64. The second-order valence-corrected chi connectivity index (χ2v) is 7.28. The number of hydrogen-bond acceptors (Lipinski definition) is 3. The number of H-pyrrole nitrogens is 1. The van der Waals surface area contributed by atoms with Gasteiger partial charge in [-0.25, -0.2) is 13.2 Å². The highest BCUT2D eigenvalue weighted by Gasteiger charge is 2.31. The third-order valence-corrected chi connectivity index (χ3v) is 5.57. The fraction of sp³-hybridized carbons (Fsp3) is 0.500. The summed E-state index contributed by atoms with van der Waals surface area (Å²) in [5.74, 6) is -3.28. The molecule has 26 heavy (non-hydrogen) atoms. The molecule has 1 fully saturated rings. The summed E-state index contributed by atoms with van der Waals surface area (Å²) in [5.41, 5.74) is 1.74. The van der Waals surface area contributed by atoms with E-state index in [9.17, 15) is 13.2 Å². The van der Waals surface area contributed by atoms with Gasteiger partial charge in [0, 0.05) is 55.0 Å². The average molecular weight is 383 g/mol. The van der Waals surface area contributed by atoms with E-state index >= 15 is 0 Å².